The Morgan fingerprint density at radius 3 is 2.71 bits per heavy atom. The van der Waals surface area contributed by atoms with Crippen LogP contribution in [0.15, 0.2) is 18.3 Å². The van der Waals surface area contributed by atoms with Crippen LogP contribution < -0.4 is 0 Å². The predicted molar refractivity (Wildman–Crippen MR) is 67.9 cm³/mol. The molecule has 0 spiro atoms. The lowest BCUT2D eigenvalue weighted by atomic mass is 9.90. The van der Waals surface area contributed by atoms with Gasteiger partial charge in [-0.1, -0.05) is 26.8 Å². The minimum Gasteiger partial charge on any atom is -0.302 e. The summed E-state index contributed by atoms with van der Waals surface area (Å²) < 4.78 is 2.04. The number of hydrogen-bond acceptors (Lipinski definition) is 2. The molecule has 3 nitrogen and oxygen atoms in total. The van der Waals surface area contributed by atoms with Gasteiger partial charge in [0.2, 0.25) is 0 Å². The van der Waals surface area contributed by atoms with Crippen LogP contribution in [-0.4, -0.2) is 9.38 Å². The summed E-state index contributed by atoms with van der Waals surface area (Å²) in [5, 5.41) is 8.97. The number of imidazole rings is 1. The smallest absolute Gasteiger partial charge is 0.140 e. The molecule has 0 aliphatic heterocycles. The van der Waals surface area contributed by atoms with Crippen LogP contribution in [0.1, 0.15) is 37.7 Å². The van der Waals surface area contributed by atoms with Gasteiger partial charge in [0.05, 0.1) is 23.9 Å². The Bertz CT molecular complexity index is 594. The van der Waals surface area contributed by atoms with Gasteiger partial charge in [-0.05, 0) is 18.6 Å². The Kier molecular flexibility index (Phi) is 2.66. The fourth-order valence-corrected chi connectivity index (χ4v) is 2.10. The van der Waals surface area contributed by atoms with Crippen molar-refractivity contribution in [3.63, 3.8) is 0 Å². The van der Waals surface area contributed by atoms with E-state index in [2.05, 4.69) is 26.8 Å². The summed E-state index contributed by atoms with van der Waals surface area (Å²) in [5.41, 5.74) is 4.10. The maximum absolute atomic E-state index is 8.97. The average Bonchev–Trinajstić information content (AvgIpc) is 2.59. The van der Waals surface area contributed by atoms with Gasteiger partial charge in [-0.3, -0.25) is 0 Å². The van der Waals surface area contributed by atoms with Crippen molar-refractivity contribution >= 4 is 5.65 Å². The van der Waals surface area contributed by atoms with Crippen LogP contribution in [0.4, 0.5) is 0 Å². The number of hydrogen-bond donors (Lipinski definition) is 0. The van der Waals surface area contributed by atoms with Gasteiger partial charge < -0.3 is 4.40 Å². The normalized spacial score (nSPS) is 11.7. The summed E-state index contributed by atoms with van der Waals surface area (Å²) in [6.45, 7) is 8.44. The Morgan fingerprint density at radius 1 is 1.41 bits per heavy atom. The van der Waals surface area contributed by atoms with E-state index in [4.69, 9.17) is 10.2 Å². The molecule has 0 N–H and O–H groups in total. The molecule has 0 saturated heterocycles. The number of fused-ring (bicyclic) bond motifs is 1. The Labute approximate surface area is 102 Å². The molecule has 0 amide bonds. The first-order valence-corrected chi connectivity index (χ1v) is 5.79. The molecule has 0 aliphatic carbocycles. The fraction of sp³-hybridized carbons (Fsp3) is 0.429. The number of rotatable bonds is 1. The SMILES string of the molecule is Cc1cccn2c(CC#N)c(C(C)(C)C)nc12. The molecular weight excluding hydrogens is 210 g/mol. The molecule has 0 aliphatic rings. The second-order valence-electron chi connectivity index (χ2n) is 5.38. The Hall–Kier alpha value is -1.82. The van der Waals surface area contributed by atoms with E-state index in [0.717, 1.165) is 22.6 Å². The van der Waals surface area contributed by atoms with Gasteiger partial charge in [-0.2, -0.15) is 5.26 Å². The molecule has 2 heterocycles. The van der Waals surface area contributed by atoms with E-state index in [-0.39, 0.29) is 5.41 Å². The molecule has 88 valence electrons. The van der Waals surface area contributed by atoms with E-state index in [0.29, 0.717) is 6.42 Å². The zero-order chi connectivity index (χ0) is 12.6. The number of nitriles is 1. The third kappa shape index (κ3) is 1.91. The molecule has 0 unspecified atom stereocenters. The van der Waals surface area contributed by atoms with Crippen LogP contribution >= 0.6 is 0 Å². The van der Waals surface area contributed by atoms with E-state index < -0.39 is 0 Å². The summed E-state index contributed by atoms with van der Waals surface area (Å²) in [6.07, 6.45) is 2.38. The maximum Gasteiger partial charge on any atom is 0.140 e. The van der Waals surface area contributed by atoms with Gasteiger partial charge in [-0.15, -0.1) is 0 Å². The van der Waals surface area contributed by atoms with Crippen molar-refractivity contribution in [1.82, 2.24) is 9.38 Å². The third-order valence-corrected chi connectivity index (χ3v) is 2.90. The first-order chi connectivity index (χ1) is 7.95. The van der Waals surface area contributed by atoms with Crippen molar-refractivity contribution in [2.45, 2.75) is 39.5 Å². The molecule has 0 aromatic carbocycles. The minimum atomic E-state index is -0.0371. The second kappa shape index (κ2) is 3.89. The van der Waals surface area contributed by atoms with Crippen LogP contribution in [0, 0.1) is 18.3 Å². The molecule has 3 heteroatoms. The van der Waals surface area contributed by atoms with Crippen LogP contribution in [0.25, 0.3) is 5.65 Å². The second-order valence-corrected chi connectivity index (χ2v) is 5.38. The third-order valence-electron chi connectivity index (χ3n) is 2.90. The van der Waals surface area contributed by atoms with E-state index in [1.807, 2.05) is 29.7 Å². The highest BCUT2D eigenvalue weighted by Crippen LogP contribution is 2.27. The quantitative estimate of drug-likeness (QED) is 0.751. The Morgan fingerprint density at radius 2 is 2.12 bits per heavy atom. The summed E-state index contributed by atoms with van der Waals surface area (Å²) in [5.74, 6) is 0. The molecule has 2 aromatic heterocycles. The lowest BCUT2D eigenvalue weighted by molar-refractivity contribution is 0.566. The molecule has 2 aromatic rings. The molecule has 0 bridgehead atoms. The van der Waals surface area contributed by atoms with Crippen molar-refractivity contribution in [1.29, 1.82) is 5.26 Å². The summed E-state index contributed by atoms with van der Waals surface area (Å²) in [6, 6.07) is 6.28. The van der Waals surface area contributed by atoms with Crippen molar-refractivity contribution in [3.05, 3.63) is 35.3 Å². The number of aryl methyl sites for hydroxylation is 1. The van der Waals surface area contributed by atoms with Crippen LogP contribution in [0.3, 0.4) is 0 Å². The monoisotopic (exact) mass is 227 g/mol. The molecule has 0 saturated carbocycles. The van der Waals surface area contributed by atoms with E-state index in [1.165, 1.54) is 0 Å². The minimum absolute atomic E-state index is 0.0371. The lowest BCUT2D eigenvalue weighted by Gasteiger charge is -2.16. The highest BCUT2D eigenvalue weighted by atomic mass is 15.0. The van der Waals surface area contributed by atoms with Crippen molar-refractivity contribution in [3.8, 4) is 6.07 Å². The van der Waals surface area contributed by atoms with Crippen molar-refractivity contribution in [2.24, 2.45) is 0 Å². The van der Waals surface area contributed by atoms with Crippen LogP contribution in [0.2, 0.25) is 0 Å². The van der Waals surface area contributed by atoms with Gasteiger partial charge in [0.1, 0.15) is 5.65 Å². The predicted octanol–water partition coefficient (Wildman–Crippen LogP) is 3.01. The standard InChI is InChI=1S/C14H17N3/c1-10-6-5-9-17-11(7-8-15)12(14(2,3)4)16-13(10)17/h5-6,9H,7H2,1-4H3. The lowest BCUT2D eigenvalue weighted by Crippen LogP contribution is -2.14. The first-order valence-electron chi connectivity index (χ1n) is 5.79. The number of nitrogens with zero attached hydrogens (tertiary/aromatic N) is 3. The highest BCUT2D eigenvalue weighted by molar-refractivity contribution is 5.51. The first kappa shape index (κ1) is 11.7. The van der Waals surface area contributed by atoms with Gasteiger partial charge in [0.25, 0.3) is 0 Å². The highest BCUT2D eigenvalue weighted by Gasteiger charge is 2.23. The van der Waals surface area contributed by atoms with E-state index in [1.54, 1.807) is 0 Å². The van der Waals surface area contributed by atoms with Crippen molar-refractivity contribution in [2.75, 3.05) is 0 Å². The van der Waals surface area contributed by atoms with E-state index >= 15 is 0 Å². The largest absolute Gasteiger partial charge is 0.302 e. The summed E-state index contributed by atoms with van der Waals surface area (Å²) >= 11 is 0. The fourth-order valence-electron chi connectivity index (χ4n) is 2.10. The number of aromatic nitrogens is 2. The zero-order valence-electron chi connectivity index (χ0n) is 10.8. The molecular formula is C14H17N3. The molecule has 0 fully saturated rings. The summed E-state index contributed by atoms with van der Waals surface area (Å²) in [7, 11) is 0. The van der Waals surface area contributed by atoms with Gasteiger partial charge in [-0.25, -0.2) is 4.98 Å². The van der Waals surface area contributed by atoms with Crippen LogP contribution in [-0.2, 0) is 11.8 Å². The summed E-state index contributed by atoms with van der Waals surface area (Å²) in [4.78, 5) is 4.71. The van der Waals surface area contributed by atoms with Gasteiger partial charge in [0, 0.05) is 11.6 Å². The van der Waals surface area contributed by atoms with Gasteiger partial charge in [0.15, 0.2) is 0 Å². The van der Waals surface area contributed by atoms with Gasteiger partial charge >= 0.3 is 0 Å². The number of pyridine rings is 1. The zero-order valence-corrected chi connectivity index (χ0v) is 10.8. The molecule has 0 atom stereocenters. The Balaban J connectivity index is 2.81. The van der Waals surface area contributed by atoms with E-state index in [9.17, 15) is 0 Å². The average molecular weight is 227 g/mol. The molecule has 2 rings (SSSR count). The topological polar surface area (TPSA) is 41.1 Å². The van der Waals surface area contributed by atoms with Crippen LogP contribution in [0.5, 0.6) is 0 Å². The maximum atomic E-state index is 8.97. The van der Waals surface area contributed by atoms with Crippen molar-refractivity contribution < 1.29 is 0 Å². The molecule has 0 radical (unpaired) electrons. The molecule has 17 heavy (non-hydrogen) atoms.